The fraction of sp³-hybridized carbons (Fsp3) is 0.400. The normalized spacial score (nSPS) is 31.1. The fourth-order valence-corrected chi connectivity index (χ4v) is 3.75. The van der Waals surface area contributed by atoms with Crippen molar-refractivity contribution in [3.63, 3.8) is 0 Å². The molecule has 15 heavy (non-hydrogen) atoms. The largest absolute Gasteiger partial charge is 0.670 e. The SMILES string of the molecule is CC1O[P+]2(Oc3ccccc3O2)OC1C. The molecule has 1 fully saturated rings. The van der Waals surface area contributed by atoms with Crippen LogP contribution in [0.4, 0.5) is 0 Å². The number of benzene rings is 1. The van der Waals surface area contributed by atoms with Gasteiger partial charge in [0.2, 0.25) is 11.5 Å². The molecule has 1 aromatic carbocycles. The summed E-state index contributed by atoms with van der Waals surface area (Å²) < 4.78 is 22.6. The van der Waals surface area contributed by atoms with Crippen molar-refractivity contribution in [2.45, 2.75) is 26.1 Å². The lowest BCUT2D eigenvalue weighted by Crippen LogP contribution is -2.13. The Morgan fingerprint density at radius 1 is 0.933 bits per heavy atom. The molecule has 1 saturated heterocycles. The molecule has 3 rings (SSSR count). The Balaban J connectivity index is 1.90. The molecule has 0 radical (unpaired) electrons. The van der Waals surface area contributed by atoms with E-state index < -0.39 is 8.17 Å². The van der Waals surface area contributed by atoms with Crippen LogP contribution >= 0.6 is 8.17 Å². The van der Waals surface area contributed by atoms with Crippen molar-refractivity contribution < 1.29 is 18.1 Å². The zero-order chi connectivity index (χ0) is 10.5. The number of rotatable bonds is 0. The van der Waals surface area contributed by atoms with Gasteiger partial charge in [0.25, 0.3) is 0 Å². The Kier molecular flexibility index (Phi) is 1.93. The van der Waals surface area contributed by atoms with Crippen molar-refractivity contribution in [3.05, 3.63) is 24.3 Å². The molecule has 2 atom stereocenters. The van der Waals surface area contributed by atoms with E-state index >= 15 is 0 Å². The molecule has 5 heteroatoms. The zero-order valence-corrected chi connectivity index (χ0v) is 9.44. The van der Waals surface area contributed by atoms with E-state index in [0.717, 1.165) is 0 Å². The second-order valence-corrected chi connectivity index (χ2v) is 5.38. The lowest BCUT2D eigenvalue weighted by atomic mass is 10.3. The molecule has 0 amide bonds. The van der Waals surface area contributed by atoms with E-state index in [2.05, 4.69) is 0 Å². The van der Waals surface area contributed by atoms with Crippen LogP contribution in [0.5, 0.6) is 11.5 Å². The van der Waals surface area contributed by atoms with Gasteiger partial charge in [-0.15, -0.1) is 9.05 Å². The van der Waals surface area contributed by atoms with Gasteiger partial charge in [-0.2, -0.15) is 0 Å². The molecule has 2 aliphatic heterocycles. The van der Waals surface area contributed by atoms with Gasteiger partial charge in [0.1, 0.15) is 12.2 Å². The standard InChI is InChI=1S/C10H12O4P/c1-7-8(2)12-15(11-7)13-9-5-3-4-6-10(9)14-15/h3-8H,1-2H3/q+1. The van der Waals surface area contributed by atoms with Crippen LogP contribution in [0.2, 0.25) is 0 Å². The van der Waals surface area contributed by atoms with Gasteiger partial charge in [-0.1, -0.05) is 12.1 Å². The molecule has 80 valence electrons. The van der Waals surface area contributed by atoms with Crippen molar-refractivity contribution in [1.29, 1.82) is 0 Å². The molecule has 4 nitrogen and oxygen atoms in total. The summed E-state index contributed by atoms with van der Waals surface area (Å²) in [5.74, 6) is 1.40. The van der Waals surface area contributed by atoms with Crippen LogP contribution in [0.1, 0.15) is 13.8 Å². The van der Waals surface area contributed by atoms with E-state index in [1.54, 1.807) is 0 Å². The minimum Gasteiger partial charge on any atom is -0.250 e. The smallest absolute Gasteiger partial charge is 0.250 e. The van der Waals surface area contributed by atoms with E-state index in [0.29, 0.717) is 11.5 Å². The van der Waals surface area contributed by atoms with Gasteiger partial charge in [-0.3, -0.25) is 0 Å². The molecule has 0 N–H and O–H groups in total. The summed E-state index contributed by atoms with van der Waals surface area (Å²) in [4.78, 5) is 0. The van der Waals surface area contributed by atoms with Gasteiger partial charge in [0.05, 0.1) is 0 Å². The predicted molar refractivity (Wildman–Crippen MR) is 55.7 cm³/mol. The maximum absolute atomic E-state index is 5.65. The van der Waals surface area contributed by atoms with Crippen LogP contribution < -0.4 is 9.05 Å². The van der Waals surface area contributed by atoms with E-state index in [1.165, 1.54) is 0 Å². The van der Waals surface area contributed by atoms with Crippen molar-refractivity contribution in [3.8, 4) is 11.5 Å². The number of fused-ring (bicyclic) bond motifs is 1. The first-order valence-electron chi connectivity index (χ1n) is 4.93. The van der Waals surface area contributed by atoms with Gasteiger partial charge in [-0.25, -0.2) is 9.05 Å². The van der Waals surface area contributed by atoms with Crippen LogP contribution in [-0.4, -0.2) is 12.2 Å². The summed E-state index contributed by atoms with van der Waals surface area (Å²) in [5.41, 5.74) is 0. The van der Waals surface area contributed by atoms with Crippen LogP contribution in [0.25, 0.3) is 0 Å². The minimum atomic E-state index is -2.59. The van der Waals surface area contributed by atoms with Crippen molar-refractivity contribution in [2.24, 2.45) is 0 Å². The maximum Gasteiger partial charge on any atom is 0.670 e. The van der Waals surface area contributed by atoms with Gasteiger partial charge in [0.15, 0.2) is 0 Å². The van der Waals surface area contributed by atoms with Crippen LogP contribution in [0, 0.1) is 0 Å². The first-order chi connectivity index (χ1) is 7.19. The Labute approximate surface area is 88.8 Å². The monoisotopic (exact) mass is 227 g/mol. The molecule has 0 aliphatic carbocycles. The molecule has 0 bridgehead atoms. The molecule has 2 heterocycles. The molecular weight excluding hydrogens is 215 g/mol. The van der Waals surface area contributed by atoms with E-state index in [-0.39, 0.29) is 12.2 Å². The fourth-order valence-electron chi connectivity index (χ4n) is 1.55. The molecule has 0 saturated carbocycles. The van der Waals surface area contributed by atoms with Crippen LogP contribution in [0.15, 0.2) is 24.3 Å². The van der Waals surface area contributed by atoms with E-state index in [1.807, 2.05) is 38.1 Å². The molecule has 0 aromatic heterocycles. The summed E-state index contributed by atoms with van der Waals surface area (Å²) in [5, 5.41) is 0. The first kappa shape index (κ1) is 9.40. The zero-order valence-electron chi connectivity index (χ0n) is 8.54. The molecule has 2 aliphatic rings. The summed E-state index contributed by atoms with van der Waals surface area (Å²) in [6.07, 6.45) is 0.0142. The molecular formula is C10H12O4P+. The summed E-state index contributed by atoms with van der Waals surface area (Å²) in [6, 6.07) is 7.49. The van der Waals surface area contributed by atoms with Crippen LogP contribution in [-0.2, 0) is 9.05 Å². The van der Waals surface area contributed by atoms with Gasteiger partial charge < -0.3 is 0 Å². The third-order valence-corrected chi connectivity index (χ3v) is 4.54. The topological polar surface area (TPSA) is 36.9 Å². The van der Waals surface area contributed by atoms with E-state index in [9.17, 15) is 0 Å². The number of para-hydroxylation sites is 2. The molecule has 1 aromatic rings. The highest BCUT2D eigenvalue weighted by Gasteiger charge is 2.66. The Morgan fingerprint density at radius 3 is 1.87 bits per heavy atom. The average Bonchev–Trinajstić information content (AvgIpc) is 2.66. The lowest BCUT2D eigenvalue weighted by Gasteiger charge is -2.04. The van der Waals surface area contributed by atoms with Crippen molar-refractivity contribution in [2.75, 3.05) is 0 Å². The number of hydrogen-bond acceptors (Lipinski definition) is 4. The second-order valence-electron chi connectivity index (χ2n) is 3.70. The molecule has 1 spiro atoms. The third-order valence-electron chi connectivity index (χ3n) is 2.52. The maximum atomic E-state index is 5.65. The Bertz CT molecular complexity index is 358. The predicted octanol–water partition coefficient (Wildman–Crippen LogP) is 2.96. The third kappa shape index (κ3) is 1.41. The van der Waals surface area contributed by atoms with Gasteiger partial charge >= 0.3 is 8.17 Å². The van der Waals surface area contributed by atoms with E-state index in [4.69, 9.17) is 18.1 Å². The highest BCUT2D eigenvalue weighted by atomic mass is 31.2. The van der Waals surface area contributed by atoms with Crippen molar-refractivity contribution >= 4 is 8.17 Å². The first-order valence-corrected chi connectivity index (χ1v) is 6.39. The highest BCUT2D eigenvalue weighted by molar-refractivity contribution is 7.57. The summed E-state index contributed by atoms with van der Waals surface area (Å²) in [6.45, 7) is 3.91. The van der Waals surface area contributed by atoms with Gasteiger partial charge in [0, 0.05) is 0 Å². The average molecular weight is 227 g/mol. The number of hydrogen-bond donors (Lipinski definition) is 0. The second kappa shape index (κ2) is 3.08. The Hall–Kier alpha value is -0.830. The van der Waals surface area contributed by atoms with Gasteiger partial charge in [-0.05, 0) is 26.0 Å². The van der Waals surface area contributed by atoms with Crippen LogP contribution in [0.3, 0.4) is 0 Å². The summed E-state index contributed by atoms with van der Waals surface area (Å²) >= 11 is 0. The summed E-state index contributed by atoms with van der Waals surface area (Å²) in [7, 11) is -2.59. The minimum absolute atomic E-state index is 0.00708. The quantitative estimate of drug-likeness (QED) is 0.638. The Morgan fingerprint density at radius 2 is 1.40 bits per heavy atom. The lowest BCUT2D eigenvalue weighted by molar-refractivity contribution is 0.187. The highest BCUT2D eigenvalue weighted by Crippen LogP contribution is 2.72. The van der Waals surface area contributed by atoms with Crippen molar-refractivity contribution in [1.82, 2.24) is 0 Å². The molecule has 2 unspecified atom stereocenters.